The highest BCUT2D eigenvalue weighted by atomic mass is 35.5. The average molecular weight is 493 g/mol. The van der Waals surface area contributed by atoms with Crippen molar-refractivity contribution in [1.29, 1.82) is 0 Å². The minimum atomic E-state index is -4.74. The average Bonchev–Trinajstić information content (AvgIpc) is 2.75. The van der Waals surface area contributed by atoms with Gasteiger partial charge in [0.25, 0.3) is 0 Å². The highest BCUT2D eigenvalue weighted by molar-refractivity contribution is 6.30. The molecule has 0 amide bonds. The largest absolute Gasteiger partial charge is 0.433 e. The smallest absolute Gasteiger partial charge is 0.285 e. The van der Waals surface area contributed by atoms with Crippen LogP contribution in [0, 0.1) is 19.7 Å². The monoisotopic (exact) mass is 492 g/mol. The van der Waals surface area contributed by atoms with E-state index in [0.29, 0.717) is 17.3 Å². The van der Waals surface area contributed by atoms with Gasteiger partial charge in [0.15, 0.2) is 11.5 Å². The van der Waals surface area contributed by atoms with Crippen molar-refractivity contribution < 1.29 is 22.0 Å². The number of hydrogen-bond acceptors (Lipinski definition) is 4. The van der Waals surface area contributed by atoms with Crippen LogP contribution in [0.15, 0.2) is 47.4 Å². The molecular weight excluding hydrogens is 479 g/mol. The maximum absolute atomic E-state index is 15.2. The minimum Gasteiger partial charge on any atom is -0.285 e. The van der Waals surface area contributed by atoms with Gasteiger partial charge in [-0.05, 0) is 67.4 Å². The summed E-state index contributed by atoms with van der Waals surface area (Å²) in [6.45, 7) is 3.37. The molecule has 0 bridgehead atoms. The number of hydrogen-bond donors (Lipinski definition) is 0. The molecule has 34 heavy (non-hydrogen) atoms. The van der Waals surface area contributed by atoms with Crippen LogP contribution in [0.5, 0.6) is 0 Å². The second-order valence-electron chi connectivity index (χ2n) is 7.41. The molecule has 5 nitrogen and oxygen atoms in total. The Kier molecular flexibility index (Phi) is 5.94. The lowest BCUT2D eigenvalue weighted by Gasteiger charge is -2.14. The third-order valence-corrected chi connectivity index (χ3v) is 5.27. The van der Waals surface area contributed by atoms with Gasteiger partial charge < -0.3 is 0 Å². The molecular formula is C23H14ClF5N4O. The summed E-state index contributed by atoms with van der Waals surface area (Å²) in [5, 5.41) is 4.11. The second kappa shape index (κ2) is 8.60. The highest BCUT2D eigenvalue weighted by Gasteiger charge is 2.32. The van der Waals surface area contributed by atoms with Crippen molar-refractivity contribution in [2.45, 2.75) is 20.0 Å². The molecule has 0 spiro atoms. The van der Waals surface area contributed by atoms with Crippen molar-refractivity contribution in [3.63, 3.8) is 0 Å². The summed E-state index contributed by atoms with van der Waals surface area (Å²) in [6.07, 6.45) is -3.15. The van der Waals surface area contributed by atoms with Crippen LogP contribution in [0.4, 0.5) is 22.0 Å². The van der Waals surface area contributed by atoms with E-state index in [4.69, 9.17) is 11.6 Å². The van der Waals surface area contributed by atoms with Crippen LogP contribution in [-0.4, -0.2) is 19.7 Å². The van der Waals surface area contributed by atoms with E-state index >= 15 is 4.39 Å². The first-order valence-electron chi connectivity index (χ1n) is 9.73. The zero-order valence-electron chi connectivity index (χ0n) is 17.6. The highest BCUT2D eigenvalue weighted by Crippen LogP contribution is 2.29. The van der Waals surface area contributed by atoms with E-state index in [2.05, 4.69) is 15.1 Å². The summed E-state index contributed by atoms with van der Waals surface area (Å²) < 4.78 is 69.8. The molecule has 3 aromatic heterocycles. The van der Waals surface area contributed by atoms with E-state index in [-0.39, 0.29) is 27.3 Å². The van der Waals surface area contributed by atoms with Crippen molar-refractivity contribution in [2.24, 2.45) is 0 Å². The topological polar surface area (TPSA) is 60.7 Å². The normalized spacial score (nSPS) is 12.4. The number of aromatic nitrogens is 4. The first-order chi connectivity index (χ1) is 16.0. The molecule has 4 rings (SSSR count). The van der Waals surface area contributed by atoms with Gasteiger partial charge in [0.2, 0.25) is 5.43 Å². The Morgan fingerprint density at radius 1 is 1.12 bits per heavy atom. The Bertz CT molecular complexity index is 1530. The van der Waals surface area contributed by atoms with Crippen molar-refractivity contribution in [1.82, 2.24) is 19.7 Å². The molecule has 1 aromatic carbocycles. The molecule has 0 fully saturated rings. The Labute approximate surface area is 194 Å². The number of aryl methyl sites for hydroxylation is 2. The minimum absolute atomic E-state index is 0.112. The summed E-state index contributed by atoms with van der Waals surface area (Å²) in [5.74, 6) is -2.02. The van der Waals surface area contributed by atoms with Gasteiger partial charge in [-0.15, -0.1) is 0 Å². The van der Waals surface area contributed by atoms with Gasteiger partial charge >= 0.3 is 6.18 Å². The van der Waals surface area contributed by atoms with E-state index in [0.717, 1.165) is 29.1 Å². The number of alkyl halides is 3. The fourth-order valence-electron chi connectivity index (χ4n) is 3.23. The van der Waals surface area contributed by atoms with Crippen LogP contribution >= 0.6 is 11.6 Å². The Morgan fingerprint density at radius 2 is 1.85 bits per heavy atom. The van der Waals surface area contributed by atoms with Crippen molar-refractivity contribution in [2.75, 3.05) is 0 Å². The molecule has 0 unspecified atom stereocenters. The number of halogens is 6. The van der Waals surface area contributed by atoms with E-state index in [9.17, 15) is 22.4 Å². The number of benzene rings is 1. The van der Waals surface area contributed by atoms with Crippen molar-refractivity contribution >= 4 is 34.5 Å². The van der Waals surface area contributed by atoms with Crippen molar-refractivity contribution in [3.8, 4) is 5.69 Å². The molecule has 0 aliphatic rings. The zero-order valence-corrected chi connectivity index (χ0v) is 18.3. The second-order valence-corrected chi connectivity index (χ2v) is 7.84. The van der Waals surface area contributed by atoms with Crippen LogP contribution in [0.25, 0.3) is 28.6 Å². The van der Waals surface area contributed by atoms with Crippen LogP contribution in [0.1, 0.15) is 28.2 Å². The third kappa shape index (κ3) is 4.41. The van der Waals surface area contributed by atoms with Crippen LogP contribution in [0.2, 0.25) is 5.02 Å². The fourth-order valence-corrected chi connectivity index (χ4v) is 3.39. The van der Waals surface area contributed by atoms with E-state index in [1.807, 2.05) is 0 Å². The van der Waals surface area contributed by atoms with Gasteiger partial charge in [-0.25, -0.2) is 18.4 Å². The lowest BCUT2D eigenvalue weighted by atomic mass is 10.1. The van der Waals surface area contributed by atoms with E-state index < -0.39 is 34.6 Å². The number of pyridine rings is 2. The van der Waals surface area contributed by atoms with Crippen molar-refractivity contribution in [3.05, 3.63) is 91.9 Å². The number of rotatable bonds is 3. The molecule has 174 valence electrons. The quantitative estimate of drug-likeness (QED) is 0.326. The molecule has 0 N–H and O–H groups in total. The van der Waals surface area contributed by atoms with Gasteiger partial charge in [0, 0.05) is 16.9 Å². The molecule has 0 saturated carbocycles. The summed E-state index contributed by atoms with van der Waals surface area (Å²) in [6, 6.07) is 7.04. The zero-order chi connectivity index (χ0) is 24.8. The van der Waals surface area contributed by atoms with Crippen LogP contribution in [-0.2, 0) is 6.18 Å². The van der Waals surface area contributed by atoms with Gasteiger partial charge in [0.1, 0.15) is 22.7 Å². The first-order valence-corrected chi connectivity index (χ1v) is 10.1. The Morgan fingerprint density at radius 3 is 2.53 bits per heavy atom. The Hall–Kier alpha value is -3.66. The molecule has 0 aliphatic heterocycles. The fraction of sp³-hybridized carbons (Fsp3) is 0.130. The van der Waals surface area contributed by atoms with Gasteiger partial charge in [-0.1, -0.05) is 11.6 Å². The SMILES string of the molecule is Cc1cc2c(nc1C)c(=O)c(/C(F)=C/c1ccnc(C(F)(F)F)c1)nn2-c1ccc(Cl)cc1F. The first kappa shape index (κ1) is 23.5. The molecule has 0 saturated heterocycles. The lowest BCUT2D eigenvalue weighted by molar-refractivity contribution is -0.141. The summed E-state index contributed by atoms with van der Waals surface area (Å²) in [7, 11) is 0. The summed E-state index contributed by atoms with van der Waals surface area (Å²) >= 11 is 5.82. The standard InChI is InChI=1S/C23H14ClF5N4O/c1-11-7-18-21(31-12(11)2)22(34)20(32-33(18)17-4-3-14(24)10-15(17)25)16(26)8-13-5-6-30-19(9-13)23(27,28)29/h3-10H,1-2H3/b16-8-. The number of nitrogens with zero attached hydrogens (tertiary/aromatic N) is 4. The lowest BCUT2D eigenvalue weighted by Crippen LogP contribution is -2.19. The van der Waals surface area contributed by atoms with Gasteiger partial charge in [-0.3, -0.25) is 9.78 Å². The predicted octanol–water partition coefficient (Wildman–Crippen LogP) is 6.07. The van der Waals surface area contributed by atoms with Gasteiger partial charge in [0.05, 0.1) is 5.52 Å². The van der Waals surface area contributed by atoms with E-state index in [1.165, 1.54) is 12.1 Å². The maximum atomic E-state index is 15.2. The van der Waals surface area contributed by atoms with Gasteiger partial charge in [-0.2, -0.15) is 18.3 Å². The number of fused-ring (bicyclic) bond motifs is 1. The molecule has 3 heterocycles. The molecule has 4 aromatic rings. The summed E-state index contributed by atoms with van der Waals surface area (Å²) in [4.78, 5) is 20.5. The van der Waals surface area contributed by atoms with E-state index in [1.54, 1.807) is 19.9 Å². The Balaban J connectivity index is 1.98. The molecule has 0 aliphatic carbocycles. The van der Waals surface area contributed by atoms with Crippen LogP contribution in [0.3, 0.4) is 0 Å². The predicted molar refractivity (Wildman–Crippen MR) is 118 cm³/mol. The molecule has 11 heteroatoms. The molecule has 0 atom stereocenters. The summed E-state index contributed by atoms with van der Waals surface area (Å²) in [5.41, 5.74) is -2.10. The maximum Gasteiger partial charge on any atom is 0.433 e. The molecule has 0 radical (unpaired) electrons. The third-order valence-electron chi connectivity index (χ3n) is 5.04. The van der Waals surface area contributed by atoms with Crippen LogP contribution < -0.4 is 5.43 Å².